The van der Waals surface area contributed by atoms with Crippen LogP contribution in [0.15, 0.2) is 48.7 Å². The topological polar surface area (TPSA) is 84.8 Å². The Morgan fingerprint density at radius 3 is 2.71 bits per heavy atom. The number of methoxy groups -OCH3 is 1. The third-order valence-corrected chi connectivity index (χ3v) is 5.80. The maximum absolute atomic E-state index is 14.8. The number of carboxylic acids is 1. The van der Waals surface area contributed by atoms with Gasteiger partial charge in [-0.2, -0.15) is 0 Å². The zero-order chi connectivity index (χ0) is 23.9. The summed E-state index contributed by atoms with van der Waals surface area (Å²) in [6, 6.07) is 12.0. The van der Waals surface area contributed by atoms with Crippen LogP contribution in [0.25, 0.3) is 11.3 Å². The summed E-state index contributed by atoms with van der Waals surface area (Å²) >= 11 is 0. The van der Waals surface area contributed by atoms with E-state index in [0.717, 1.165) is 37.9 Å². The van der Waals surface area contributed by atoms with Gasteiger partial charge in [-0.1, -0.05) is 12.1 Å². The molecular weight excluding hydrogens is 437 g/mol. The molecular formula is C26H28FN3O4. The fourth-order valence-electron chi connectivity index (χ4n) is 4.01. The number of aryl methyl sites for hydroxylation is 1. The molecule has 1 aromatic heterocycles. The summed E-state index contributed by atoms with van der Waals surface area (Å²) in [7, 11) is 1.55. The zero-order valence-corrected chi connectivity index (χ0v) is 19.2. The summed E-state index contributed by atoms with van der Waals surface area (Å²) < 4.78 is 26.0. The highest BCUT2D eigenvalue weighted by molar-refractivity contribution is 5.74. The molecule has 1 N–H and O–H groups in total. The smallest absolute Gasteiger partial charge is 0.303 e. The predicted molar refractivity (Wildman–Crippen MR) is 127 cm³/mol. The Labute approximate surface area is 198 Å². The molecule has 2 aromatic carbocycles. The largest absolute Gasteiger partial charge is 0.497 e. The number of carboxylic acid groups (broad SMARTS) is 1. The Balaban J connectivity index is 1.59. The third kappa shape index (κ3) is 5.81. The van der Waals surface area contributed by atoms with Crippen LogP contribution in [-0.4, -0.2) is 41.2 Å². The van der Waals surface area contributed by atoms with Crippen molar-refractivity contribution in [3.8, 4) is 22.8 Å². The lowest BCUT2D eigenvalue weighted by Crippen LogP contribution is -2.31. The van der Waals surface area contributed by atoms with Crippen LogP contribution in [0, 0.1) is 5.82 Å². The normalized spacial score (nSPS) is 13.5. The van der Waals surface area contributed by atoms with Crippen molar-refractivity contribution in [3.63, 3.8) is 0 Å². The molecule has 7 nitrogen and oxygen atoms in total. The van der Waals surface area contributed by atoms with Crippen LogP contribution >= 0.6 is 0 Å². The Bertz CT molecular complexity index is 1150. The SMILES string of the molecule is COc1ccc(F)c(-c2ncc(COc3cccc(CCC(=O)O)c3)nc2N2CCCCC2)c1. The van der Waals surface area contributed by atoms with Gasteiger partial charge >= 0.3 is 5.97 Å². The van der Waals surface area contributed by atoms with E-state index in [2.05, 4.69) is 9.88 Å². The summed E-state index contributed by atoms with van der Waals surface area (Å²) in [6.45, 7) is 1.86. The number of aromatic nitrogens is 2. The average Bonchev–Trinajstić information content (AvgIpc) is 2.87. The van der Waals surface area contributed by atoms with Gasteiger partial charge in [0.15, 0.2) is 5.82 Å². The summed E-state index contributed by atoms with van der Waals surface area (Å²) in [5.74, 6) is 0.614. The molecule has 0 radical (unpaired) electrons. The summed E-state index contributed by atoms with van der Waals surface area (Å²) in [5.41, 5.74) is 2.36. The van der Waals surface area contributed by atoms with Crippen molar-refractivity contribution in [2.75, 3.05) is 25.1 Å². The van der Waals surface area contributed by atoms with Gasteiger partial charge in [-0.25, -0.2) is 9.37 Å². The number of piperidine rings is 1. The first-order valence-corrected chi connectivity index (χ1v) is 11.4. The maximum atomic E-state index is 14.8. The fraction of sp³-hybridized carbons (Fsp3) is 0.346. The van der Waals surface area contributed by atoms with Gasteiger partial charge in [0.1, 0.15) is 29.6 Å². The van der Waals surface area contributed by atoms with Crippen LogP contribution in [-0.2, 0) is 17.8 Å². The molecule has 1 aliphatic heterocycles. The molecule has 0 spiro atoms. The molecule has 34 heavy (non-hydrogen) atoms. The molecule has 3 aromatic rings. The maximum Gasteiger partial charge on any atom is 0.303 e. The lowest BCUT2D eigenvalue weighted by atomic mass is 10.1. The molecule has 0 bridgehead atoms. The first kappa shape index (κ1) is 23.5. The Morgan fingerprint density at radius 2 is 1.94 bits per heavy atom. The van der Waals surface area contributed by atoms with E-state index in [0.29, 0.717) is 40.7 Å². The van der Waals surface area contributed by atoms with Gasteiger partial charge in [0.05, 0.1) is 19.0 Å². The number of rotatable bonds is 9. The van der Waals surface area contributed by atoms with Gasteiger partial charge in [-0.3, -0.25) is 9.78 Å². The molecule has 1 aliphatic rings. The van der Waals surface area contributed by atoms with Crippen molar-refractivity contribution in [2.24, 2.45) is 0 Å². The second-order valence-electron chi connectivity index (χ2n) is 8.26. The number of anilines is 1. The monoisotopic (exact) mass is 465 g/mol. The minimum atomic E-state index is -0.834. The predicted octanol–water partition coefficient (Wildman–Crippen LogP) is 4.88. The Kier molecular flexibility index (Phi) is 7.57. The number of hydrogen-bond acceptors (Lipinski definition) is 6. The van der Waals surface area contributed by atoms with Crippen molar-refractivity contribution in [2.45, 2.75) is 38.7 Å². The molecule has 1 saturated heterocycles. The molecule has 0 saturated carbocycles. The van der Waals surface area contributed by atoms with Crippen molar-refractivity contribution in [1.82, 2.24) is 9.97 Å². The van der Waals surface area contributed by atoms with Crippen molar-refractivity contribution in [3.05, 3.63) is 65.7 Å². The quantitative estimate of drug-likeness (QED) is 0.482. The van der Waals surface area contributed by atoms with Crippen LogP contribution in [0.3, 0.4) is 0 Å². The number of carbonyl (C=O) groups is 1. The van der Waals surface area contributed by atoms with E-state index in [4.69, 9.17) is 19.6 Å². The van der Waals surface area contributed by atoms with Crippen LogP contribution in [0.5, 0.6) is 11.5 Å². The molecule has 0 amide bonds. The number of nitrogens with zero attached hydrogens (tertiary/aromatic N) is 3. The van der Waals surface area contributed by atoms with Gasteiger partial charge in [0.25, 0.3) is 0 Å². The van der Waals surface area contributed by atoms with Crippen LogP contribution in [0.4, 0.5) is 10.2 Å². The van der Waals surface area contributed by atoms with E-state index in [-0.39, 0.29) is 18.8 Å². The fourth-order valence-corrected chi connectivity index (χ4v) is 4.01. The van der Waals surface area contributed by atoms with Crippen molar-refractivity contribution in [1.29, 1.82) is 0 Å². The summed E-state index contributed by atoms with van der Waals surface area (Å²) in [6.07, 6.45) is 5.36. The first-order chi connectivity index (χ1) is 16.5. The summed E-state index contributed by atoms with van der Waals surface area (Å²) in [4.78, 5) is 22.4. The number of halogens is 1. The Hall–Kier alpha value is -3.68. The second-order valence-corrected chi connectivity index (χ2v) is 8.26. The van der Waals surface area contributed by atoms with E-state index < -0.39 is 5.97 Å². The van der Waals surface area contributed by atoms with Gasteiger partial charge in [-0.15, -0.1) is 0 Å². The Morgan fingerprint density at radius 1 is 1.12 bits per heavy atom. The van der Waals surface area contributed by atoms with Gasteiger partial charge in [-0.05, 0) is 61.6 Å². The number of hydrogen-bond donors (Lipinski definition) is 1. The molecule has 2 heterocycles. The van der Waals surface area contributed by atoms with Crippen LogP contribution in [0.2, 0.25) is 0 Å². The van der Waals surface area contributed by atoms with E-state index in [1.165, 1.54) is 6.07 Å². The molecule has 8 heteroatoms. The summed E-state index contributed by atoms with van der Waals surface area (Å²) in [5, 5.41) is 8.90. The minimum absolute atomic E-state index is 0.0659. The second kappa shape index (κ2) is 11.0. The molecule has 0 aliphatic carbocycles. The molecule has 1 fully saturated rings. The number of ether oxygens (including phenoxy) is 2. The van der Waals surface area contributed by atoms with Crippen LogP contribution in [0.1, 0.15) is 36.9 Å². The minimum Gasteiger partial charge on any atom is -0.497 e. The van der Waals surface area contributed by atoms with Gasteiger partial charge < -0.3 is 19.5 Å². The molecule has 4 rings (SSSR count). The van der Waals surface area contributed by atoms with Gasteiger partial charge in [0, 0.05) is 25.1 Å². The standard InChI is InChI=1S/C26H28FN3O4/c1-33-20-9-10-23(27)22(15-20)25-26(30-12-3-2-4-13-30)29-19(16-28-25)17-34-21-7-5-6-18(14-21)8-11-24(31)32/h5-7,9-10,14-16H,2-4,8,11-13,17H2,1H3,(H,31,32). The number of benzene rings is 2. The number of aliphatic carboxylic acids is 1. The van der Waals surface area contributed by atoms with E-state index in [1.54, 1.807) is 25.4 Å². The lowest BCUT2D eigenvalue weighted by Gasteiger charge is -2.29. The van der Waals surface area contributed by atoms with E-state index >= 15 is 0 Å². The van der Waals surface area contributed by atoms with Gasteiger partial charge in [0.2, 0.25) is 0 Å². The van der Waals surface area contributed by atoms with Crippen molar-refractivity contribution < 1.29 is 23.8 Å². The van der Waals surface area contributed by atoms with Crippen molar-refractivity contribution >= 4 is 11.8 Å². The third-order valence-electron chi connectivity index (χ3n) is 5.80. The van der Waals surface area contributed by atoms with E-state index in [9.17, 15) is 9.18 Å². The van der Waals surface area contributed by atoms with Crippen LogP contribution < -0.4 is 14.4 Å². The highest BCUT2D eigenvalue weighted by Crippen LogP contribution is 2.33. The highest BCUT2D eigenvalue weighted by Gasteiger charge is 2.21. The zero-order valence-electron chi connectivity index (χ0n) is 19.2. The first-order valence-electron chi connectivity index (χ1n) is 11.4. The average molecular weight is 466 g/mol. The molecule has 0 unspecified atom stereocenters. The molecule has 178 valence electrons. The molecule has 0 atom stereocenters. The highest BCUT2D eigenvalue weighted by atomic mass is 19.1. The lowest BCUT2D eigenvalue weighted by molar-refractivity contribution is -0.136. The van der Waals surface area contributed by atoms with E-state index in [1.807, 2.05) is 24.3 Å².